The minimum absolute atomic E-state index is 0. The van der Waals surface area contributed by atoms with E-state index in [1.54, 1.807) is 0 Å². The molecule has 0 radical (unpaired) electrons. The fourth-order valence-electron chi connectivity index (χ4n) is 1.13. The van der Waals surface area contributed by atoms with Crippen LogP contribution in [0.25, 0.3) is 0 Å². The molecule has 1 aromatic rings. The van der Waals surface area contributed by atoms with Gasteiger partial charge in [-0.2, -0.15) is 0 Å². The Morgan fingerprint density at radius 2 is 2.20 bits per heavy atom. The van der Waals surface area contributed by atoms with Gasteiger partial charge in [0.25, 0.3) is 5.91 Å². The molecule has 15 heavy (non-hydrogen) atoms. The van der Waals surface area contributed by atoms with E-state index in [-0.39, 0.29) is 18.3 Å². The molecule has 5 heteroatoms. The van der Waals surface area contributed by atoms with Crippen LogP contribution in [-0.4, -0.2) is 19.0 Å². The molecule has 0 spiro atoms. The van der Waals surface area contributed by atoms with E-state index < -0.39 is 0 Å². The van der Waals surface area contributed by atoms with Crippen molar-refractivity contribution in [1.29, 1.82) is 0 Å². The lowest BCUT2D eigenvalue weighted by Gasteiger charge is -2.07. The molecule has 0 saturated carbocycles. The largest absolute Gasteiger partial charge is 0.351 e. The molecule has 0 saturated heterocycles. The summed E-state index contributed by atoms with van der Waals surface area (Å²) >= 11 is 2.22. The predicted octanol–water partition coefficient (Wildman–Crippen LogP) is 1.71. The van der Waals surface area contributed by atoms with Crippen molar-refractivity contribution < 1.29 is 4.79 Å². The average molecular weight is 341 g/mol. The van der Waals surface area contributed by atoms with Crippen molar-refractivity contribution in [2.75, 3.05) is 13.1 Å². The first-order valence-electron chi connectivity index (χ1n) is 4.40. The minimum atomic E-state index is -0.0496. The van der Waals surface area contributed by atoms with Crippen LogP contribution < -0.4 is 11.1 Å². The van der Waals surface area contributed by atoms with Crippen molar-refractivity contribution in [2.45, 2.75) is 6.92 Å². The zero-order valence-corrected chi connectivity index (χ0v) is 11.4. The van der Waals surface area contributed by atoms with Crippen molar-refractivity contribution in [3.8, 4) is 0 Å². The Bertz CT molecular complexity index is 344. The topological polar surface area (TPSA) is 55.1 Å². The highest BCUT2D eigenvalue weighted by atomic mass is 127. The first kappa shape index (κ1) is 14.7. The van der Waals surface area contributed by atoms with Crippen LogP contribution in [0.2, 0.25) is 0 Å². The maximum Gasteiger partial charge on any atom is 0.251 e. The van der Waals surface area contributed by atoms with Gasteiger partial charge in [-0.05, 0) is 47.2 Å². The molecule has 0 atom stereocenters. The van der Waals surface area contributed by atoms with E-state index >= 15 is 0 Å². The smallest absolute Gasteiger partial charge is 0.251 e. The number of benzene rings is 1. The molecule has 84 valence electrons. The van der Waals surface area contributed by atoms with E-state index in [0.717, 1.165) is 14.7 Å². The molecule has 1 aromatic carbocycles. The van der Waals surface area contributed by atoms with Crippen LogP contribution in [0.1, 0.15) is 15.9 Å². The minimum Gasteiger partial charge on any atom is -0.351 e. The first-order chi connectivity index (χ1) is 6.66. The summed E-state index contributed by atoms with van der Waals surface area (Å²) in [7, 11) is 0. The van der Waals surface area contributed by atoms with Crippen LogP contribution in [0.3, 0.4) is 0 Å². The number of carbonyl (C=O) groups is 1. The van der Waals surface area contributed by atoms with Crippen LogP contribution in [0.15, 0.2) is 18.2 Å². The molecule has 0 aliphatic carbocycles. The highest BCUT2D eigenvalue weighted by Gasteiger charge is 2.08. The monoisotopic (exact) mass is 340 g/mol. The summed E-state index contributed by atoms with van der Waals surface area (Å²) in [5, 5.41) is 2.75. The highest BCUT2D eigenvalue weighted by molar-refractivity contribution is 14.1. The molecule has 0 aliphatic rings. The Hall–Kier alpha value is -0.330. The van der Waals surface area contributed by atoms with Crippen LogP contribution in [0.5, 0.6) is 0 Å². The number of hydrogen-bond acceptors (Lipinski definition) is 2. The zero-order valence-electron chi connectivity index (χ0n) is 8.42. The fourth-order valence-corrected chi connectivity index (χ4v) is 1.63. The summed E-state index contributed by atoms with van der Waals surface area (Å²) in [6.07, 6.45) is 0. The number of carbonyl (C=O) groups excluding carboxylic acids is 1. The number of halogens is 2. The molecule has 1 amide bonds. The van der Waals surface area contributed by atoms with Gasteiger partial charge in [-0.3, -0.25) is 4.79 Å². The van der Waals surface area contributed by atoms with Crippen molar-refractivity contribution in [2.24, 2.45) is 5.73 Å². The third-order valence-corrected chi connectivity index (χ3v) is 3.11. The summed E-state index contributed by atoms with van der Waals surface area (Å²) in [5.41, 5.74) is 7.05. The van der Waals surface area contributed by atoms with Gasteiger partial charge in [0.1, 0.15) is 0 Å². The van der Waals surface area contributed by atoms with Gasteiger partial charge in [0.05, 0.1) is 0 Å². The Balaban J connectivity index is 0.00000196. The van der Waals surface area contributed by atoms with E-state index in [0.29, 0.717) is 13.1 Å². The van der Waals surface area contributed by atoms with Crippen molar-refractivity contribution in [3.05, 3.63) is 32.9 Å². The Kier molecular flexibility index (Phi) is 6.87. The van der Waals surface area contributed by atoms with Crippen molar-refractivity contribution in [3.63, 3.8) is 0 Å². The van der Waals surface area contributed by atoms with Gasteiger partial charge in [-0.25, -0.2) is 0 Å². The molecule has 1 rings (SSSR count). The molecular weight excluding hydrogens is 326 g/mol. The lowest BCUT2D eigenvalue weighted by atomic mass is 10.1. The van der Waals surface area contributed by atoms with Gasteiger partial charge < -0.3 is 11.1 Å². The summed E-state index contributed by atoms with van der Waals surface area (Å²) in [6.45, 7) is 2.93. The quantitative estimate of drug-likeness (QED) is 0.823. The second-order valence-electron chi connectivity index (χ2n) is 2.96. The van der Waals surface area contributed by atoms with E-state index in [9.17, 15) is 4.79 Å². The molecule has 0 aliphatic heterocycles. The second-order valence-corrected chi connectivity index (χ2v) is 4.12. The number of nitrogens with two attached hydrogens (primary N) is 1. The molecule has 0 fully saturated rings. The van der Waals surface area contributed by atoms with Gasteiger partial charge in [-0.15, -0.1) is 12.4 Å². The van der Waals surface area contributed by atoms with Crippen molar-refractivity contribution in [1.82, 2.24) is 5.32 Å². The maximum atomic E-state index is 11.6. The maximum absolute atomic E-state index is 11.6. The number of hydrogen-bond donors (Lipinski definition) is 2. The summed E-state index contributed by atoms with van der Waals surface area (Å²) < 4.78 is 1.10. The highest BCUT2D eigenvalue weighted by Crippen LogP contribution is 2.15. The van der Waals surface area contributed by atoms with Crippen LogP contribution in [0, 0.1) is 10.5 Å². The molecular formula is C10H14ClIN2O. The summed E-state index contributed by atoms with van der Waals surface area (Å²) in [6, 6.07) is 5.69. The molecule has 0 bridgehead atoms. The third-order valence-electron chi connectivity index (χ3n) is 1.94. The van der Waals surface area contributed by atoms with E-state index in [1.165, 1.54) is 0 Å². The number of nitrogens with one attached hydrogen (secondary N) is 1. The number of rotatable bonds is 3. The van der Waals surface area contributed by atoms with Crippen molar-refractivity contribution >= 4 is 40.9 Å². The third kappa shape index (κ3) is 3.96. The van der Waals surface area contributed by atoms with Crippen LogP contribution in [0.4, 0.5) is 0 Å². The van der Waals surface area contributed by atoms with Crippen LogP contribution in [-0.2, 0) is 0 Å². The van der Waals surface area contributed by atoms with Gasteiger partial charge in [-0.1, -0.05) is 6.07 Å². The fraction of sp³-hybridized carbons (Fsp3) is 0.300. The molecule has 0 aromatic heterocycles. The van der Waals surface area contributed by atoms with E-state index in [2.05, 4.69) is 27.9 Å². The van der Waals surface area contributed by atoms with E-state index in [4.69, 9.17) is 5.73 Å². The number of amides is 1. The molecule has 3 N–H and O–H groups in total. The Morgan fingerprint density at radius 1 is 1.53 bits per heavy atom. The van der Waals surface area contributed by atoms with E-state index in [1.807, 2.05) is 25.1 Å². The standard InChI is InChI=1S/C10H13IN2O.ClH/c1-7-8(3-2-4-9(7)11)10(14)13-6-5-12;/h2-4H,5-6,12H2,1H3,(H,13,14);1H. The molecule has 0 heterocycles. The van der Waals surface area contributed by atoms with Gasteiger partial charge in [0.2, 0.25) is 0 Å². The lowest BCUT2D eigenvalue weighted by Crippen LogP contribution is -2.29. The Labute approximate surface area is 109 Å². The van der Waals surface area contributed by atoms with Crippen LogP contribution >= 0.6 is 35.0 Å². The Morgan fingerprint density at radius 3 is 2.80 bits per heavy atom. The zero-order chi connectivity index (χ0) is 10.6. The van der Waals surface area contributed by atoms with Gasteiger partial charge >= 0.3 is 0 Å². The second kappa shape index (κ2) is 7.03. The first-order valence-corrected chi connectivity index (χ1v) is 5.48. The van der Waals surface area contributed by atoms with Gasteiger partial charge in [0, 0.05) is 22.2 Å². The molecule has 0 unspecified atom stereocenters. The summed E-state index contributed by atoms with van der Waals surface area (Å²) in [5.74, 6) is -0.0496. The normalized spacial score (nSPS) is 9.27. The SMILES string of the molecule is Cc1c(I)cccc1C(=O)NCCN.Cl. The summed E-state index contributed by atoms with van der Waals surface area (Å²) in [4.78, 5) is 11.6. The van der Waals surface area contributed by atoms with Gasteiger partial charge in [0.15, 0.2) is 0 Å². The molecule has 3 nitrogen and oxygen atoms in total. The predicted molar refractivity (Wildman–Crippen MR) is 72.5 cm³/mol. The lowest BCUT2D eigenvalue weighted by molar-refractivity contribution is 0.0954. The average Bonchev–Trinajstić information content (AvgIpc) is 2.18.